The van der Waals surface area contributed by atoms with Gasteiger partial charge in [0.2, 0.25) is 0 Å². The Morgan fingerprint density at radius 2 is 0.661 bits per heavy atom. The molecule has 278 valence electrons. The molecule has 0 atom stereocenters. The summed E-state index contributed by atoms with van der Waals surface area (Å²) < 4.78 is 0. The van der Waals surface area contributed by atoms with Crippen molar-refractivity contribution in [1.29, 1.82) is 0 Å². The van der Waals surface area contributed by atoms with Gasteiger partial charge in [0.1, 0.15) is 0 Å². The first-order valence-corrected chi connectivity index (χ1v) is 20.8. The van der Waals surface area contributed by atoms with Crippen LogP contribution in [0.2, 0.25) is 0 Å². The maximum absolute atomic E-state index is 2.50. The Morgan fingerprint density at radius 1 is 0.271 bits per heavy atom. The first-order chi connectivity index (χ1) is 29.0. The average molecular weight is 752 g/mol. The van der Waals surface area contributed by atoms with Gasteiger partial charge in [-0.1, -0.05) is 190 Å². The zero-order valence-corrected chi connectivity index (χ0v) is 33.2. The molecule has 0 heterocycles. The fraction of sp³-hybridized carbons (Fsp3) is 0.0690. The lowest BCUT2D eigenvalue weighted by Gasteiger charge is -2.32. The second kappa shape index (κ2) is 12.6. The summed E-state index contributed by atoms with van der Waals surface area (Å²) in [5.41, 5.74) is 23.7. The normalized spacial score (nSPS) is 14.2. The first kappa shape index (κ1) is 33.9. The van der Waals surface area contributed by atoms with Crippen molar-refractivity contribution in [1.82, 2.24) is 0 Å². The van der Waals surface area contributed by atoms with Gasteiger partial charge in [-0.05, 0) is 125 Å². The van der Waals surface area contributed by atoms with Crippen LogP contribution < -0.4 is 4.90 Å². The minimum Gasteiger partial charge on any atom is -0.310 e. The standard InChI is InChI=1S/C58H41N/c1-57(2)51-23-10-6-19-45(51)49-33-31-43(36-55(49)57)59(42-18-14-17-41(35-42)40-29-27-39(28-30-40)38-15-4-3-5-16-38)44-32-34-50-48-22-9-13-26-54(48)58(56(50)37-44)52-24-11-7-20-46(52)47-21-8-12-25-53(47)58/h3-37H,1-2H3. The average Bonchev–Trinajstić information content (AvgIpc) is 3.85. The first-order valence-electron chi connectivity index (χ1n) is 20.8. The highest BCUT2D eigenvalue weighted by Crippen LogP contribution is 2.63. The molecule has 3 aliphatic rings. The molecular weight excluding hydrogens is 711 g/mol. The van der Waals surface area contributed by atoms with E-state index in [4.69, 9.17) is 0 Å². The van der Waals surface area contributed by atoms with Crippen molar-refractivity contribution in [3.8, 4) is 55.6 Å². The van der Waals surface area contributed by atoms with Crippen LogP contribution in [0, 0.1) is 0 Å². The van der Waals surface area contributed by atoms with E-state index in [2.05, 4.69) is 231 Å². The van der Waals surface area contributed by atoms with Crippen LogP contribution in [-0.2, 0) is 10.8 Å². The van der Waals surface area contributed by atoms with Crippen LogP contribution in [0.1, 0.15) is 47.2 Å². The van der Waals surface area contributed by atoms with Crippen molar-refractivity contribution in [2.45, 2.75) is 24.7 Å². The Morgan fingerprint density at radius 3 is 1.24 bits per heavy atom. The molecule has 0 saturated carbocycles. The predicted molar refractivity (Wildman–Crippen MR) is 246 cm³/mol. The molecule has 9 aromatic rings. The summed E-state index contributed by atoms with van der Waals surface area (Å²) in [5.74, 6) is 0. The summed E-state index contributed by atoms with van der Waals surface area (Å²) in [6.07, 6.45) is 0. The molecule has 0 unspecified atom stereocenters. The Labute approximate surface area is 346 Å². The number of rotatable bonds is 5. The fourth-order valence-corrected chi connectivity index (χ4v) is 10.8. The molecule has 1 heteroatoms. The molecule has 59 heavy (non-hydrogen) atoms. The van der Waals surface area contributed by atoms with Gasteiger partial charge in [0.05, 0.1) is 5.41 Å². The largest absolute Gasteiger partial charge is 0.310 e. The molecule has 3 aliphatic carbocycles. The number of benzene rings is 9. The number of anilines is 3. The van der Waals surface area contributed by atoms with Crippen molar-refractivity contribution in [3.05, 3.63) is 246 Å². The minimum absolute atomic E-state index is 0.128. The molecule has 1 nitrogen and oxygen atoms in total. The van der Waals surface area contributed by atoms with E-state index in [1.54, 1.807) is 0 Å². The lowest BCUT2D eigenvalue weighted by molar-refractivity contribution is 0.660. The quantitative estimate of drug-likeness (QED) is 0.169. The molecular formula is C58H41N. The van der Waals surface area contributed by atoms with Crippen molar-refractivity contribution in [2.24, 2.45) is 0 Å². The lowest BCUT2D eigenvalue weighted by atomic mass is 9.70. The summed E-state index contributed by atoms with van der Waals surface area (Å²) >= 11 is 0. The zero-order valence-electron chi connectivity index (χ0n) is 33.2. The molecule has 12 rings (SSSR count). The molecule has 0 fully saturated rings. The van der Waals surface area contributed by atoms with Gasteiger partial charge in [-0.3, -0.25) is 0 Å². The number of fused-ring (bicyclic) bond motifs is 13. The highest BCUT2D eigenvalue weighted by atomic mass is 15.1. The van der Waals surface area contributed by atoms with Gasteiger partial charge < -0.3 is 4.90 Å². The maximum Gasteiger partial charge on any atom is 0.0726 e. The minimum atomic E-state index is -0.426. The van der Waals surface area contributed by atoms with E-state index >= 15 is 0 Å². The van der Waals surface area contributed by atoms with Gasteiger partial charge in [0.25, 0.3) is 0 Å². The van der Waals surface area contributed by atoms with Gasteiger partial charge in [-0.25, -0.2) is 0 Å². The molecule has 1 spiro atoms. The SMILES string of the molecule is CC1(C)c2ccccc2-c2ccc(N(c3cccc(-c4ccc(-c5ccccc5)cc4)c3)c3ccc4c(c3)C3(c5ccccc5-c5ccccc53)c3ccccc3-4)cc21. The molecule has 0 saturated heterocycles. The molecule has 9 aromatic carbocycles. The van der Waals surface area contributed by atoms with Crippen LogP contribution >= 0.6 is 0 Å². The van der Waals surface area contributed by atoms with E-state index in [0.29, 0.717) is 0 Å². The third-order valence-electron chi connectivity index (χ3n) is 13.5. The van der Waals surface area contributed by atoms with E-state index < -0.39 is 5.41 Å². The van der Waals surface area contributed by atoms with Crippen molar-refractivity contribution < 1.29 is 0 Å². The second-order valence-corrected chi connectivity index (χ2v) is 16.8. The third-order valence-corrected chi connectivity index (χ3v) is 13.5. The van der Waals surface area contributed by atoms with Crippen LogP contribution in [-0.4, -0.2) is 0 Å². The Balaban J connectivity index is 1.07. The van der Waals surface area contributed by atoms with Crippen LogP contribution in [0.5, 0.6) is 0 Å². The Kier molecular flexibility index (Phi) is 7.26. The van der Waals surface area contributed by atoms with Crippen LogP contribution in [0.15, 0.2) is 212 Å². The monoisotopic (exact) mass is 751 g/mol. The molecule has 0 aromatic heterocycles. The summed E-state index contributed by atoms with van der Waals surface area (Å²) in [5, 5.41) is 0. The number of hydrogen-bond donors (Lipinski definition) is 0. The maximum atomic E-state index is 2.50. The summed E-state index contributed by atoms with van der Waals surface area (Å²) in [7, 11) is 0. The van der Waals surface area contributed by atoms with Crippen LogP contribution in [0.25, 0.3) is 55.6 Å². The van der Waals surface area contributed by atoms with Gasteiger partial charge in [-0.15, -0.1) is 0 Å². The zero-order chi connectivity index (χ0) is 39.3. The molecule has 0 N–H and O–H groups in total. The lowest BCUT2D eigenvalue weighted by Crippen LogP contribution is -2.26. The van der Waals surface area contributed by atoms with Crippen molar-refractivity contribution in [3.63, 3.8) is 0 Å². The van der Waals surface area contributed by atoms with E-state index in [0.717, 1.165) is 17.1 Å². The smallest absolute Gasteiger partial charge is 0.0726 e. The molecule has 0 amide bonds. The van der Waals surface area contributed by atoms with Gasteiger partial charge in [0.15, 0.2) is 0 Å². The molecule has 0 radical (unpaired) electrons. The van der Waals surface area contributed by atoms with E-state index in [-0.39, 0.29) is 5.41 Å². The third kappa shape index (κ3) is 4.79. The van der Waals surface area contributed by atoms with E-state index in [1.165, 1.54) is 89.0 Å². The molecule has 0 bridgehead atoms. The number of hydrogen-bond acceptors (Lipinski definition) is 1. The Hall–Kier alpha value is -7.22. The summed E-state index contributed by atoms with van der Waals surface area (Å²) in [6.45, 7) is 4.74. The van der Waals surface area contributed by atoms with Crippen molar-refractivity contribution in [2.75, 3.05) is 4.90 Å². The fourth-order valence-electron chi connectivity index (χ4n) is 10.8. The number of nitrogens with zero attached hydrogens (tertiary/aromatic N) is 1. The van der Waals surface area contributed by atoms with E-state index in [9.17, 15) is 0 Å². The summed E-state index contributed by atoms with van der Waals surface area (Å²) in [4.78, 5) is 2.49. The van der Waals surface area contributed by atoms with Gasteiger partial charge in [-0.2, -0.15) is 0 Å². The van der Waals surface area contributed by atoms with Gasteiger partial charge in [0, 0.05) is 22.5 Å². The van der Waals surface area contributed by atoms with E-state index in [1.807, 2.05) is 0 Å². The topological polar surface area (TPSA) is 3.24 Å². The van der Waals surface area contributed by atoms with Crippen LogP contribution in [0.4, 0.5) is 17.1 Å². The van der Waals surface area contributed by atoms with Crippen molar-refractivity contribution >= 4 is 17.1 Å². The molecule has 0 aliphatic heterocycles. The Bertz CT molecular complexity index is 3070. The highest BCUT2D eigenvalue weighted by Gasteiger charge is 2.51. The van der Waals surface area contributed by atoms with Crippen LogP contribution in [0.3, 0.4) is 0 Å². The predicted octanol–water partition coefficient (Wildman–Crippen LogP) is 15.1. The van der Waals surface area contributed by atoms with Gasteiger partial charge >= 0.3 is 0 Å². The second-order valence-electron chi connectivity index (χ2n) is 16.8. The highest BCUT2D eigenvalue weighted by molar-refractivity contribution is 5.97. The summed E-state index contributed by atoms with van der Waals surface area (Å²) in [6, 6.07) is 79.2.